The number of unbranched alkanes of at least 4 members (excludes halogenated alkanes) is 31. The highest BCUT2D eigenvalue weighted by molar-refractivity contribution is 5.71. The molecular weight excluding hydrogens is 685 g/mol. The first-order valence-electron chi connectivity index (χ1n) is 24.2. The maximum Gasteiger partial charge on any atom is 0.306 e. The Morgan fingerprint density at radius 3 is 0.909 bits per heavy atom. The summed E-state index contributed by atoms with van der Waals surface area (Å²) in [5.74, 6) is -0.868. The average molecular weight is 777 g/mol. The van der Waals surface area contributed by atoms with Gasteiger partial charge in [0.15, 0.2) is 6.10 Å². The van der Waals surface area contributed by atoms with Crippen molar-refractivity contribution in [2.24, 2.45) is 0 Å². The van der Waals surface area contributed by atoms with Gasteiger partial charge >= 0.3 is 17.9 Å². The van der Waals surface area contributed by atoms with Crippen LogP contribution in [0.1, 0.15) is 265 Å². The van der Waals surface area contributed by atoms with Gasteiger partial charge in [0.05, 0.1) is 0 Å². The number of esters is 3. The van der Waals surface area contributed by atoms with E-state index in [9.17, 15) is 14.4 Å². The van der Waals surface area contributed by atoms with Gasteiger partial charge in [0.1, 0.15) is 13.2 Å². The Kier molecular flexibility index (Phi) is 43.4. The molecular formula is C49H92O6. The van der Waals surface area contributed by atoms with Crippen LogP contribution in [0.2, 0.25) is 0 Å². The summed E-state index contributed by atoms with van der Waals surface area (Å²) in [5, 5.41) is 0. The summed E-state index contributed by atoms with van der Waals surface area (Å²) < 4.78 is 16.7. The first kappa shape index (κ1) is 53.1. The Bertz CT molecular complexity index is 854. The monoisotopic (exact) mass is 777 g/mol. The zero-order chi connectivity index (χ0) is 40.1. The fourth-order valence-corrected chi connectivity index (χ4v) is 7.08. The van der Waals surface area contributed by atoms with Crippen LogP contribution in [0.25, 0.3) is 0 Å². The minimum Gasteiger partial charge on any atom is -0.462 e. The van der Waals surface area contributed by atoms with Crippen LogP contribution in [0, 0.1) is 0 Å². The Balaban J connectivity index is 4.22. The molecule has 0 amide bonds. The molecule has 1 atom stereocenters. The normalized spacial score (nSPS) is 12.0. The first-order chi connectivity index (χ1) is 27.0. The second-order valence-corrected chi connectivity index (χ2v) is 16.4. The van der Waals surface area contributed by atoms with E-state index in [0.29, 0.717) is 19.3 Å². The SMILES string of the molecule is CCCCCCCCC/C=C\CCCCCCCCCC(=O)OCC(COC(=O)CCCCCCCCC)OC(=O)CCCCCCCCCCCCCC. The highest BCUT2D eigenvalue weighted by atomic mass is 16.6. The van der Waals surface area contributed by atoms with Crippen molar-refractivity contribution in [2.45, 2.75) is 271 Å². The summed E-state index contributed by atoms with van der Waals surface area (Å²) >= 11 is 0. The van der Waals surface area contributed by atoms with Crippen molar-refractivity contribution in [2.75, 3.05) is 13.2 Å². The van der Waals surface area contributed by atoms with Crippen molar-refractivity contribution in [3.05, 3.63) is 12.2 Å². The Hall–Kier alpha value is -1.85. The molecule has 0 saturated carbocycles. The van der Waals surface area contributed by atoms with Gasteiger partial charge in [-0.3, -0.25) is 14.4 Å². The molecule has 55 heavy (non-hydrogen) atoms. The predicted molar refractivity (Wildman–Crippen MR) is 233 cm³/mol. The van der Waals surface area contributed by atoms with Gasteiger partial charge in [0, 0.05) is 19.3 Å². The lowest BCUT2D eigenvalue weighted by Crippen LogP contribution is -2.30. The molecule has 0 spiro atoms. The molecule has 0 radical (unpaired) electrons. The summed E-state index contributed by atoms with van der Waals surface area (Å²) in [5.41, 5.74) is 0. The molecule has 0 aromatic carbocycles. The molecule has 0 aromatic heterocycles. The zero-order valence-electron chi connectivity index (χ0n) is 37.0. The number of ether oxygens (including phenoxy) is 3. The first-order valence-corrected chi connectivity index (χ1v) is 24.2. The standard InChI is InChI=1S/C49H92O6/c1-4-7-10-13-16-18-20-22-23-24-25-26-27-29-30-33-36-39-42-48(51)54-45-46(44-53-47(50)41-38-35-32-15-12-9-6-3)55-49(52)43-40-37-34-31-28-21-19-17-14-11-8-5-2/h23-24,46H,4-22,25-45H2,1-3H3/b24-23-. The second kappa shape index (κ2) is 44.9. The van der Waals surface area contributed by atoms with Gasteiger partial charge in [-0.15, -0.1) is 0 Å². The van der Waals surface area contributed by atoms with Gasteiger partial charge in [0.25, 0.3) is 0 Å². The molecule has 0 saturated heterocycles. The van der Waals surface area contributed by atoms with Crippen LogP contribution in [-0.2, 0) is 28.6 Å². The molecule has 0 aromatic rings. The fraction of sp³-hybridized carbons (Fsp3) is 0.898. The molecule has 0 bridgehead atoms. The second-order valence-electron chi connectivity index (χ2n) is 16.4. The van der Waals surface area contributed by atoms with Crippen LogP contribution in [0.4, 0.5) is 0 Å². The number of rotatable bonds is 44. The topological polar surface area (TPSA) is 78.9 Å². The number of allylic oxidation sites excluding steroid dienone is 2. The molecule has 0 aliphatic rings. The highest BCUT2D eigenvalue weighted by Gasteiger charge is 2.19. The highest BCUT2D eigenvalue weighted by Crippen LogP contribution is 2.15. The van der Waals surface area contributed by atoms with E-state index in [4.69, 9.17) is 14.2 Å². The third-order valence-corrected chi connectivity index (χ3v) is 10.8. The maximum atomic E-state index is 12.7. The largest absolute Gasteiger partial charge is 0.462 e. The van der Waals surface area contributed by atoms with Gasteiger partial charge in [-0.25, -0.2) is 0 Å². The summed E-state index contributed by atoms with van der Waals surface area (Å²) in [6, 6.07) is 0. The van der Waals surface area contributed by atoms with Gasteiger partial charge in [-0.2, -0.15) is 0 Å². The van der Waals surface area contributed by atoms with Crippen LogP contribution in [0.5, 0.6) is 0 Å². The lowest BCUT2D eigenvalue weighted by molar-refractivity contribution is -0.167. The third-order valence-electron chi connectivity index (χ3n) is 10.8. The van der Waals surface area contributed by atoms with Crippen molar-refractivity contribution in [3.63, 3.8) is 0 Å². The van der Waals surface area contributed by atoms with Crippen LogP contribution < -0.4 is 0 Å². The lowest BCUT2D eigenvalue weighted by Gasteiger charge is -2.18. The molecule has 324 valence electrons. The molecule has 6 nitrogen and oxygen atoms in total. The Labute approximate surface area is 341 Å². The van der Waals surface area contributed by atoms with Crippen LogP contribution >= 0.6 is 0 Å². The summed E-state index contributed by atoms with van der Waals surface area (Å²) in [7, 11) is 0. The van der Waals surface area contributed by atoms with Gasteiger partial charge in [-0.05, 0) is 44.9 Å². The molecule has 6 heteroatoms. The van der Waals surface area contributed by atoms with Crippen LogP contribution in [0.15, 0.2) is 12.2 Å². The molecule has 0 aliphatic carbocycles. The Morgan fingerprint density at radius 1 is 0.345 bits per heavy atom. The zero-order valence-corrected chi connectivity index (χ0v) is 37.0. The molecule has 0 aliphatic heterocycles. The van der Waals surface area contributed by atoms with Gasteiger partial charge in [0.2, 0.25) is 0 Å². The molecule has 0 fully saturated rings. The van der Waals surface area contributed by atoms with Crippen LogP contribution in [-0.4, -0.2) is 37.2 Å². The van der Waals surface area contributed by atoms with E-state index in [-0.39, 0.29) is 31.1 Å². The van der Waals surface area contributed by atoms with E-state index in [2.05, 4.69) is 32.9 Å². The Morgan fingerprint density at radius 2 is 0.600 bits per heavy atom. The quantitative estimate of drug-likeness (QED) is 0.0265. The van der Waals surface area contributed by atoms with E-state index in [1.165, 1.54) is 167 Å². The number of carbonyl (C=O) groups is 3. The smallest absolute Gasteiger partial charge is 0.306 e. The molecule has 0 N–H and O–H groups in total. The fourth-order valence-electron chi connectivity index (χ4n) is 7.08. The van der Waals surface area contributed by atoms with E-state index in [1.54, 1.807) is 0 Å². The number of hydrogen-bond donors (Lipinski definition) is 0. The van der Waals surface area contributed by atoms with Crippen molar-refractivity contribution in [3.8, 4) is 0 Å². The van der Waals surface area contributed by atoms with Gasteiger partial charge < -0.3 is 14.2 Å². The van der Waals surface area contributed by atoms with E-state index in [1.807, 2.05) is 0 Å². The molecule has 1 unspecified atom stereocenters. The van der Waals surface area contributed by atoms with Crippen molar-refractivity contribution >= 4 is 17.9 Å². The predicted octanol–water partition coefficient (Wildman–Crippen LogP) is 15.4. The van der Waals surface area contributed by atoms with Crippen LogP contribution in [0.3, 0.4) is 0 Å². The minimum absolute atomic E-state index is 0.0677. The van der Waals surface area contributed by atoms with E-state index >= 15 is 0 Å². The maximum absolute atomic E-state index is 12.7. The van der Waals surface area contributed by atoms with Crippen molar-refractivity contribution in [1.29, 1.82) is 0 Å². The van der Waals surface area contributed by atoms with Crippen molar-refractivity contribution < 1.29 is 28.6 Å². The summed E-state index contributed by atoms with van der Waals surface area (Å²) in [6.07, 6.45) is 47.8. The summed E-state index contributed by atoms with van der Waals surface area (Å²) in [6.45, 7) is 6.60. The third kappa shape index (κ3) is 43.1. The number of carbonyl (C=O) groups excluding carboxylic acids is 3. The van der Waals surface area contributed by atoms with Gasteiger partial charge in [-0.1, -0.05) is 213 Å². The number of hydrogen-bond acceptors (Lipinski definition) is 6. The summed E-state index contributed by atoms with van der Waals surface area (Å²) in [4.78, 5) is 37.6. The van der Waals surface area contributed by atoms with Crippen molar-refractivity contribution in [1.82, 2.24) is 0 Å². The minimum atomic E-state index is -0.762. The lowest BCUT2D eigenvalue weighted by atomic mass is 10.0. The van der Waals surface area contributed by atoms with E-state index in [0.717, 1.165) is 57.8 Å². The average Bonchev–Trinajstić information content (AvgIpc) is 3.18. The molecule has 0 heterocycles. The van der Waals surface area contributed by atoms with E-state index < -0.39 is 6.10 Å². The molecule has 0 rings (SSSR count).